The molecule has 2 heterocycles. The highest BCUT2D eigenvalue weighted by Gasteiger charge is 2.37. The average molecular weight is 329 g/mol. The number of hydrogen-bond donors (Lipinski definition) is 1. The summed E-state index contributed by atoms with van der Waals surface area (Å²) >= 11 is 0. The maximum absolute atomic E-state index is 12.4. The Bertz CT molecular complexity index is 540. The summed E-state index contributed by atoms with van der Waals surface area (Å²) in [5, 5.41) is 13.5. The molecule has 1 saturated heterocycles. The summed E-state index contributed by atoms with van der Waals surface area (Å²) in [6.07, 6.45) is -0.212. The molecule has 7 heteroatoms. The van der Waals surface area contributed by atoms with Gasteiger partial charge in [0.15, 0.2) is 0 Å². The number of nitrogens with zero attached hydrogens (tertiary/aromatic N) is 3. The first-order valence-electron chi connectivity index (χ1n) is 7.91. The molecule has 1 aromatic heterocycles. The molecule has 1 aromatic rings. The number of aromatic nitrogens is 2. The van der Waals surface area contributed by atoms with Crippen molar-refractivity contribution in [2.24, 2.45) is 17.3 Å². The van der Waals surface area contributed by atoms with Crippen LogP contribution in [0.3, 0.4) is 0 Å². The molecule has 0 aliphatic carbocycles. The van der Waals surface area contributed by atoms with E-state index in [2.05, 4.69) is 30.8 Å². The topological polar surface area (TPSA) is 58.4 Å². The maximum Gasteiger partial charge on any atom is 0.307 e. The van der Waals surface area contributed by atoms with Crippen molar-refractivity contribution in [3.05, 3.63) is 18.0 Å². The van der Waals surface area contributed by atoms with Crippen LogP contribution < -0.4 is 0 Å². The maximum atomic E-state index is 12.4. The van der Waals surface area contributed by atoms with Crippen molar-refractivity contribution in [3.8, 4) is 0 Å². The first kappa shape index (κ1) is 17.8. The van der Waals surface area contributed by atoms with Gasteiger partial charge in [0.05, 0.1) is 11.6 Å². The van der Waals surface area contributed by atoms with Crippen molar-refractivity contribution >= 4 is 5.97 Å². The number of hydrogen-bond acceptors (Lipinski definition) is 3. The van der Waals surface area contributed by atoms with Crippen LogP contribution in [-0.4, -0.2) is 45.3 Å². The van der Waals surface area contributed by atoms with Gasteiger partial charge in [-0.25, -0.2) is 8.78 Å². The number of aliphatic carboxylic acids is 1. The number of carboxylic acid groups (broad SMARTS) is 1. The van der Waals surface area contributed by atoms with E-state index in [4.69, 9.17) is 0 Å². The second kappa shape index (κ2) is 6.95. The van der Waals surface area contributed by atoms with Crippen LogP contribution in [0.4, 0.5) is 8.78 Å². The van der Waals surface area contributed by atoms with Crippen LogP contribution >= 0.6 is 0 Å². The normalized spacial score (nSPS) is 23.4. The molecule has 0 aromatic carbocycles. The third-order valence-electron chi connectivity index (χ3n) is 4.51. The van der Waals surface area contributed by atoms with Gasteiger partial charge >= 0.3 is 5.97 Å². The summed E-state index contributed by atoms with van der Waals surface area (Å²) in [6.45, 7) is 7.72. The number of halogens is 2. The number of rotatable bonds is 5. The van der Waals surface area contributed by atoms with Gasteiger partial charge in [0, 0.05) is 25.8 Å². The van der Waals surface area contributed by atoms with Crippen molar-refractivity contribution in [2.45, 2.75) is 46.7 Å². The van der Waals surface area contributed by atoms with Crippen LogP contribution in [0.25, 0.3) is 0 Å². The minimum atomic E-state index is -2.43. The summed E-state index contributed by atoms with van der Waals surface area (Å²) in [7, 11) is 0. The summed E-state index contributed by atoms with van der Waals surface area (Å²) in [4.78, 5) is 13.5. The molecule has 5 nitrogen and oxygen atoms in total. The van der Waals surface area contributed by atoms with Crippen LogP contribution in [0.2, 0.25) is 0 Å². The Morgan fingerprint density at radius 2 is 2.13 bits per heavy atom. The number of alkyl halides is 2. The Hall–Kier alpha value is -1.50. The van der Waals surface area contributed by atoms with Crippen LogP contribution in [-0.2, 0) is 17.9 Å². The predicted octanol–water partition coefficient (Wildman–Crippen LogP) is 2.72. The largest absolute Gasteiger partial charge is 0.481 e. The van der Waals surface area contributed by atoms with Crippen LogP contribution in [0.5, 0.6) is 0 Å². The summed E-state index contributed by atoms with van der Waals surface area (Å²) in [6, 6.07) is 1.72. The third-order valence-corrected chi connectivity index (χ3v) is 4.51. The van der Waals surface area contributed by atoms with Gasteiger partial charge in [-0.15, -0.1) is 0 Å². The molecule has 130 valence electrons. The number of piperidine rings is 1. The predicted molar refractivity (Wildman–Crippen MR) is 82.2 cm³/mol. The first-order valence-corrected chi connectivity index (χ1v) is 7.91. The molecule has 2 atom stereocenters. The zero-order valence-electron chi connectivity index (χ0n) is 13.9. The Morgan fingerprint density at radius 1 is 1.43 bits per heavy atom. The summed E-state index contributed by atoms with van der Waals surface area (Å²) in [5.41, 5.74) is 0.728. The molecule has 1 aliphatic rings. The first-order chi connectivity index (χ1) is 10.6. The molecule has 1 aliphatic heterocycles. The van der Waals surface area contributed by atoms with E-state index >= 15 is 0 Å². The molecule has 0 saturated carbocycles. The lowest BCUT2D eigenvalue weighted by molar-refractivity contribution is -0.145. The Morgan fingerprint density at radius 3 is 2.70 bits per heavy atom. The summed E-state index contributed by atoms with van der Waals surface area (Å²) in [5.74, 6) is -0.885. The molecule has 0 spiro atoms. The zero-order chi connectivity index (χ0) is 17.2. The molecule has 0 amide bonds. The van der Waals surface area contributed by atoms with Gasteiger partial charge in [0.1, 0.15) is 6.54 Å². The Balaban J connectivity index is 2.05. The smallest absolute Gasteiger partial charge is 0.307 e. The van der Waals surface area contributed by atoms with E-state index in [-0.39, 0.29) is 11.3 Å². The van der Waals surface area contributed by atoms with E-state index in [1.54, 1.807) is 12.3 Å². The van der Waals surface area contributed by atoms with E-state index in [0.29, 0.717) is 25.2 Å². The summed E-state index contributed by atoms with van der Waals surface area (Å²) < 4.78 is 26.0. The lowest BCUT2D eigenvalue weighted by Gasteiger charge is -2.42. The highest BCUT2D eigenvalue weighted by atomic mass is 19.3. The average Bonchev–Trinajstić information content (AvgIpc) is 2.83. The fourth-order valence-electron chi connectivity index (χ4n) is 3.09. The second-order valence-corrected chi connectivity index (χ2v) is 7.45. The fourth-order valence-corrected chi connectivity index (χ4v) is 3.09. The van der Waals surface area contributed by atoms with Gasteiger partial charge in [-0.3, -0.25) is 14.4 Å². The minimum Gasteiger partial charge on any atom is -0.481 e. The van der Waals surface area contributed by atoms with Crippen LogP contribution in [0.1, 0.15) is 32.9 Å². The SMILES string of the molecule is CC(C)(C)[C@@H]1C[C@H](C(=O)O)CN(Cc2ccn(CC(F)F)n2)C1. The molecule has 1 N–H and O–H groups in total. The monoisotopic (exact) mass is 329 g/mol. The highest BCUT2D eigenvalue weighted by molar-refractivity contribution is 5.70. The molecule has 23 heavy (non-hydrogen) atoms. The third kappa shape index (κ3) is 4.99. The Kier molecular flexibility index (Phi) is 5.39. The van der Waals surface area contributed by atoms with Crippen molar-refractivity contribution in [1.82, 2.24) is 14.7 Å². The van der Waals surface area contributed by atoms with Crippen LogP contribution in [0, 0.1) is 17.3 Å². The van der Waals surface area contributed by atoms with Gasteiger partial charge in [0.2, 0.25) is 0 Å². The number of carboxylic acids is 1. The van der Waals surface area contributed by atoms with E-state index in [1.807, 2.05) is 0 Å². The molecule has 0 bridgehead atoms. The molecular weight excluding hydrogens is 304 g/mol. The van der Waals surface area contributed by atoms with Gasteiger partial charge < -0.3 is 5.11 Å². The van der Waals surface area contributed by atoms with E-state index in [0.717, 1.165) is 6.54 Å². The van der Waals surface area contributed by atoms with Crippen molar-refractivity contribution in [2.75, 3.05) is 13.1 Å². The van der Waals surface area contributed by atoms with Gasteiger partial charge in [-0.05, 0) is 23.8 Å². The number of carbonyl (C=O) groups is 1. The molecule has 0 radical (unpaired) electrons. The fraction of sp³-hybridized carbons (Fsp3) is 0.750. The quantitative estimate of drug-likeness (QED) is 0.902. The lowest BCUT2D eigenvalue weighted by atomic mass is 9.73. The van der Waals surface area contributed by atoms with Crippen molar-refractivity contribution < 1.29 is 18.7 Å². The zero-order valence-corrected chi connectivity index (χ0v) is 13.9. The molecular formula is C16H25F2N3O2. The minimum absolute atomic E-state index is 0.0292. The second-order valence-electron chi connectivity index (χ2n) is 7.45. The van der Waals surface area contributed by atoms with E-state index in [9.17, 15) is 18.7 Å². The standard InChI is InChI=1S/C16H25F2N3O2/c1-16(2,3)12-6-11(15(22)23)7-20(8-12)9-13-4-5-21(19-13)10-14(17)18/h4-5,11-12,14H,6-10H2,1-3H3,(H,22,23)/t11-,12+/m0/s1. The Labute approximate surface area is 135 Å². The van der Waals surface area contributed by atoms with E-state index < -0.39 is 24.9 Å². The lowest BCUT2D eigenvalue weighted by Crippen LogP contribution is -2.46. The van der Waals surface area contributed by atoms with Gasteiger partial charge in [-0.2, -0.15) is 5.10 Å². The molecule has 1 fully saturated rings. The highest BCUT2D eigenvalue weighted by Crippen LogP contribution is 2.36. The van der Waals surface area contributed by atoms with Crippen LogP contribution in [0.15, 0.2) is 12.3 Å². The van der Waals surface area contributed by atoms with Gasteiger partial charge in [-0.1, -0.05) is 20.8 Å². The van der Waals surface area contributed by atoms with Crippen molar-refractivity contribution in [1.29, 1.82) is 0 Å². The number of likely N-dealkylation sites (tertiary alicyclic amines) is 1. The molecule has 2 rings (SSSR count). The van der Waals surface area contributed by atoms with Crippen molar-refractivity contribution in [3.63, 3.8) is 0 Å². The van der Waals surface area contributed by atoms with Gasteiger partial charge in [0.25, 0.3) is 6.43 Å². The van der Waals surface area contributed by atoms with E-state index in [1.165, 1.54) is 4.68 Å². The molecule has 0 unspecified atom stereocenters.